The predicted molar refractivity (Wildman–Crippen MR) is 58.6 cm³/mol. The summed E-state index contributed by atoms with van der Waals surface area (Å²) in [4.78, 5) is 29.3. The van der Waals surface area contributed by atoms with Gasteiger partial charge in [0.2, 0.25) is 5.78 Å². The molecular weight excluding hydrogens is 204 g/mol. The Morgan fingerprint density at radius 2 is 2.00 bits per heavy atom. The summed E-state index contributed by atoms with van der Waals surface area (Å²) in [6.07, 6.45) is 0.633. The zero-order valence-corrected chi connectivity index (χ0v) is 8.73. The number of imidazole rings is 1. The quantitative estimate of drug-likeness (QED) is 0.625. The molecular formula is C12H10N2O2. The number of aromatic amines is 1. The van der Waals surface area contributed by atoms with Crippen molar-refractivity contribution in [2.45, 2.75) is 6.92 Å². The van der Waals surface area contributed by atoms with Crippen molar-refractivity contribution >= 4 is 12.1 Å². The Bertz CT molecular complexity index is 529. The number of carbonyl (C=O) groups excluding carboxylic acids is 2. The van der Waals surface area contributed by atoms with Crippen LogP contribution in [-0.4, -0.2) is 22.0 Å². The van der Waals surface area contributed by atoms with Gasteiger partial charge in [0, 0.05) is 11.3 Å². The minimum absolute atomic E-state index is 0.200. The maximum absolute atomic E-state index is 11.9. The molecule has 16 heavy (non-hydrogen) atoms. The Labute approximate surface area is 92.3 Å². The van der Waals surface area contributed by atoms with Crippen LogP contribution in [0.15, 0.2) is 30.3 Å². The van der Waals surface area contributed by atoms with Crippen molar-refractivity contribution in [2.24, 2.45) is 0 Å². The molecule has 2 rings (SSSR count). The summed E-state index contributed by atoms with van der Waals surface area (Å²) in [7, 11) is 0. The highest BCUT2D eigenvalue weighted by Crippen LogP contribution is 2.08. The number of aryl methyl sites for hydroxylation is 1. The van der Waals surface area contributed by atoms with E-state index in [0.717, 1.165) is 0 Å². The number of carbonyl (C=O) groups is 2. The number of hydrogen-bond acceptors (Lipinski definition) is 3. The Morgan fingerprint density at radius 3 is 2.56 bits per heavy atom. The molecule has 1 N–H and O–H groups in total. The fraction of sp³-hybridized carbons (Fsp3) is 0.0833. The molecule has 80 valence electrons. The average Bonchev–Trinajstić information content (AvgIpc) is 2.71. The SMILES string of the molecule is Cc1[nH]c(C(=O)c2ccccc2)nc1C=O. The van der Waals surface area contributed by atoms with Crippen LogP contribution in [-0.2, 0) is 0 Å². The molecule has 0 atom stereocenters. The van der Waals surface area contributed by atoms with Gasteiger partial charge in [-0.25, -0.2) is 4.98 Å². The maximum Gasteiger partial charge on any atom is 0.228 e. The lowest BCUT2D eigenvalue weighted by atomic mass is 10.1. The van der Waals surface area contributed by atoms with Gasteiger partial charge in [0.1, 0.15) is 5.69 Å². The van der Waals surface area contributed by atoms with Gasteiger partial charge in [-0.3, -0.25) is 9.59 Å². The van der Waals surface area contributed by atoms with E-state index >= 15 is 0 Å². The topological polar surface area (TPSA) is 62.8 Å². The van der Waals surface area contributed by atoms with E-state index < -0.39 is 0 Å². The lowest BCUT2D eigenvalue weighted by Gasteiger charge is -1.95. The third kappa shape index (κ3) is 1.77. The second-order valence-electron chi connectivity index (χ2n) is 3.41. The lowest BCUT2D eigenvalue weighted by molar-refractivity contribution is 0.103. The highest BCUT2D eigenvalue weighted by atomic mass is 16.1. The summed E-state index contributed by atoms with van der Waals surface area (Å²) in [5, 5.41) is 0. The van der Waals surface area contributed by atoms with E-state index in [0.29, 0.717) is 17.5 Å². The first-order valence-corrected chi connectivity index (χ1v) is 4.84. The molecule has 0 aliphatic heterocycles. The summed E-state index contributed by atoms with van der Waals surface area (Å²) in [5.41, 5.74) is 1.43. The van der Waals surface area contributed by atoms with Crippen LogP contribution in [0.25, 0.3) is 0 Å². The Morgan fingerprint density at radius 1 is 1.31 bits per heavy atom. The zero-order chi connectivity index (χ0) is 11.5. The standard InChI is InChI=1S/C12H10N2O2/c1-8-10(7-15)14-12(13-8)11(16)9-5-3-2-4-6-9/h2-7H,1H3,(H,13,14). The number of nitrogens with zero attached hydrogens (tertiary/aromatic N) is 1. The third-order valence-corrected chi connectivity index (χ3v) is 2.29. The number of rotatable bonds is 3. The zero-order valence-electron chi connectivity index (χ0n) is 8.73. The molecule has 0 radical (unpaired) electrons. The molecule has 1 heterocycles. The minimum atomic E-state index is -0.211. The van der Waals surface area contributed by atoms with Crippen molar-refractivity contribution in [1.29, 1.82) is 0 Å². The maximum atomic E-state index is 11.9. The van der Waals surface area contributed by atoms with Gasteiger partial charge in [-0.1, -0.05) is 30.3 Å². The summed E-state index contributed by atoms with van der Waals surface area (Å²) in [6, 6.07) is 8.82. The third-order valence-electron chi connectivity index (χ3n) is 2.29. The molecule has 0 spiro atoms. The highest BCUT2D eigenvalue weighted by molar-refractivity contribution is 6.06. The van der Waals surface area contributed by atoms with Crippen LogP contribution in [0.1, 0.15) is 32.4 Å². The molecule has 0 aliphatic rings. The molecule has 1 aromatic carbocycles. The van der Waals surface area contributed by atoms with E-state index in [1.54, 1.807) is 31.2 Å². The normalized spacial score (nSPS) is 10.1. The number of hydrogen-bond donors (Lipinski definition) is 1. The van der Waals surface area contributed by atoms with Crippen molar-refractivity contribution in [3.05, 3.63) is 53.1 Å². The Kier molecular flexibility index (Phi) is 2.64. The second kappa shape index (κ2) is 4.10. The first kappa shape index (κ1) is 10.3. The summed E-state index contributed by atoms with van der Waals surface area (Å²) in [5.74, 6) is -0.0115. The van der Waals surface area contributed by atoms with Gasteiger partial charge in [0.15, 0.2) is 12.1 Å². The van der Waals surface area contributed by atoms with Crippen LogP contribution in [0.5, 0.6) is 0 Å². The monoisotopic (exact) mass is 214 g/mol. The number of H-pyrrole nitrogens is 1. The second-order valence-corrected chi connectivity index (χ2v) is 3.41. The van der Waals surface area contributed by atoms with Crippen LogP contribution >= 0.6 is 0 Å². The van der Waals surface area contributed by atoms with Gasteiger partial charge in [-0.2, -0.15) is 0 Å². The van der Waals surface area contributed by atoms with E-state index in [9.17, 15) is 9.59 Å². The van der Waals surface area contributed by atoms with E-state index in [2.05, 4.69) is 9.97 Å². The molecule has 0 unspecified atom stereocenters. The van der Waals surface area contributed by atoms with E-state index in [4.69, 9.17) is 0 Å². The van der Waals surface area contributed by atoms with Gasteiger partial charge in [0.05, 0.1) is 0 Å². The largest absolute Gasteiger partial charge is 0.339 e. The smallest absolute Gasteiger partial charge is 0.228 e. The molecule has 0 amide bonds. The number of nitrogens with one attached hydrogen (secondary N) is 1. The molecule has 0 saturated heterocycles. The van der Waals surface area contributed by atoms with Crippen LogP contribution < -0.4 is 0 Å². The molecule has 4 nitrogen and oxygen atoms in total. The Balaban J connectivity index is 2.38. The number of benzene rings is 1. The average molecular weight is 214 g/mol. The molecule has 4 heteroatoms. The van der Waals surface area contributed by atoms with Crippen LogP contribution in [0, 0.1) is 6.92 Å². The lowest BCUT2D eigenvalue weighted by Crippen LogP contribution is -2.03. The number of aldehydes is 1. The first-order valence-electron chi connectivity index (χ1n) is 4.84. The van der Waals surface area contributed by atoms with Crippen molar-refractivity contribution < 1.29 is 9.59 Å². The number of aromatic nitrogens is 2. The van der Waals surface area contributed by atoms with Crippen LogP contribution in [0.2, 0.25) is 0 Å². The molecule has 1 aromatic heterocycles. The summed E-state index contributed by atoms with van der Waals surface area (Å²) < 4.78 is 0. The molecule has 0 bridgehead atoms. The molecule has 0 aliphatic carbocycles. The Hall–Kier alpha value is -2.23. The summed E-state index contributed by atoms with van der Waals surface area (Å²) in [6.45, 7) is 1.71. The van der Waals surface area contributed by atoms with Gasteiger partial charge < -0.3 is 4.98 Å². The van der Waals surface area contributed by atoms with Gasteiger partial charge >= 0.3 is 0 Å². The van der Waals surface area contributed by atoms with E-state index in [-0.39, 0.29) is 17.3 Å². The fourth-order valence-electron chi connectivity index (χ4n) is 1.42. The van der Waals surface area contributed by atoms with Crippen LogP contribution in [0.4, 0.5) is 0 Å². The van der Waals surface area contributed by atoms with Gasteiger partial charge in [-0.15, -0.1) is 0 Å². The van der Waals surface area contributed by atoms with Gasteiger partial charge in [0.25, 0.3) is 0 Å². The number of ketones is 1. The minimum Gasteiger partial charge on any atom is -0.339 e. The summed E-state index contributed by atoms with van der Waals surface area (Å²) >= 11 is 0. The van der Waals surface area contributed by atoms with Crippen molar-refractivity contribution in [1.82, 2.24) is 9.97 Å². The van der Waals surface area contributed by atoms with Crippen molar-refractivity contribution in [3.63, 3.8) is 0 Å². The van der Waals surface area contributed by atoms with Gasteiger partial charge in [-0.05, 0) is 6.92 Å². The highest BCUT2D eigenvalue weighted by Gasteiger charge is 2.14. The molecule has 0 fully saturated rings. The predicted octanol–water partition coefficient (Wildman–Crippen LogP) is 1.76. The van der Waals surface area contributed by atoms with E-state index in [1.165, 1.54) is 0 Å². The van der Waals surface area contributed by atoms with E-state index in [1.807, 2.05) is 6.07 Å². The first-order chi connectivity index (χ1) is 7.72. The van der Waals surface area contributed by atoms with Crippen LogP contribution in [0.3, 0.4) is 0 Å². The van der Waals surface area contributed by atoms with Crippen molar-refractivity contribution in [2.75, 3.05) is 0 Å². The molecule has 2 aromatic rings. The fourth-order valence-corrected chi connectivity index (χ4v) is 1.42. The molecule has 0 saturated carbocycles. The van der Waals surface area contributed by atoms with Crippen molar-refractivity contribution in [3.8, 4) is 0 Å².